The fraction of sp³-hybridized carbons (Fsp3) is 0.609. The topological polar surface area (TPSA) is 68.5 Å². The van der Waals surface area contributed by atoms with Crippen molar-refractivity contribution >= 4 is 17.7 Å². The van der Waals surface area contributed by atoms with Crippen LogP contribution < -0.4 is 4.74 Å². The number of aryl methyl sites for hydroxylation is 2. The lowest BCUT2D eigenvalue weighted by Gasteiger charge is -2.36. The van der Waals surface area contributed by atoms with Crippen LogP contribution in [0.2, 0.25) is 0 Å². The summed E-state index contributed by atoms with van der Waals surface area (Å²) in [5, 5.41) is 8.57. The molecule has 2 fully saturated rings. The number of ether oxygens (including phenoxy) is 1. The zero-order valence-electron chi connectivity index (χ0n) is 18.1. The van der Waals surface area contributed by atoms with Crippen molar-refractivity contribution in [2.75, 3.05) is 5.75 Å². The largest absolute Gasteiger partial charge is 0.484 e. The SMILES string of the molecule is Cc1ccc(C)c(OCc2nnc(SCC(=O)N(C3CCC(C)CC3)C3CC3)o2)c1. The lowest BCUT2D eigenvalue weighted by atomic mass is 9.86. The second kappa shape index (κ2) is 9.41. The van der Waals surface area contributed by atoms with E-state index in [-0.39, 0.29) is 12.5 Å². The van der Waals surface area contributed by atoms with Gasteiger partial charge in [-0.15, -0.1) is 10.2 Å². The molecule has 0 aliphatic heterocycles. The van der Waals surface area contributed by atoms with Gasteiger partial charge in [-0.05, 0) is 75.5 Å². The third-order valence-corrected chi connectivity index (χ3v) is 6.87. The highest BCUT2D eigenvalue weighted by molar-refractivity contribution is 7.99. The summed E-state index contributed by atoms with van der Waals surface area (Å²) in [6.07, 6.45) is 7.00. The highest BCUT2D eigenvalue weighted by atomic mass is 32.2. The summed E-state index contributed by atoms with van der Waals surface area (Å²) in [5.41, 5.74) is 2.21. The van der Waals surface area contributed by atoms with Crippen molar-refractivity contribution in [1.29, 1.82) is 0 Å². The number of nitrogens with zero attached hydrogens (tertiary/aromatic N) is 3. The fourth-order valence-corrected chi connectivity index (χ4v) is 4.78. The molecule has 0 N–H and O–H groups in total. The van der Waals surface area contributed by atoms with Crippen LogP contribution in [-0.4, -0.2) is 38.8 Å². The first kappa shape index (κ1) is 21.2. The van der Waals surface area contributed by atoms with Crippen molar-refractivity contribution in [2.45, 2.75) is 83.2 Å². The van der Waals surface area contributed by atoms with E-state index < -0.39 is 0 Å². The van der Waals surface area contributed by atoms with E-state index in [9.17, 15) is 4.79 Å². The summed E-state index contributed by atoms with van der Waals surface area (Å²) in [4.78, 5) is 15.1. The molecule has 30 heavy (non-hydrogen) atoms. The van der Waals surface area contributed by atoms with Crippen LogP contribution in [-0.2, 0) is 11.4 Å². The molecule has 7 heteroatoms. The molecule has 4 rings (SSSR count). The first-order valence-corrected chi connectivity index (χ1v) is 11.9. The molecule has 2 aliphatic rings. The van der Waals surface area contributed by atoms with Gasteiger partial charge in [0.05, 0.1) is 5.75 Å². The maximum atomic E-state index is 13.0. The quantitative estimate of drug-likeness (QED) is 0.555. The molecule has 1 amide bonds. The van der Waals surface area contributed by atoms with E-state index in [2.05, 4.69) is 28.1 Å². The molecule has 2 aliphatic carbocycles. The molecule has 1 heterocycles. The van der Waals surface area contributed by atoms with Gasteiger partial charge < -0.3 is 14.1 Å². The maximum absolute atomic E-state index is 13.0. The van der Waals surface area contributed by atoms with E-state index in [1.165, 1.54) is 24.6 Å². The van der Waals surface area contributed by atoms with E-state index in [1.807, 2.05) is 26.0 Å². The van der Waals surface area contributed by atoms with Gasteiger partial charge in [0, 0.05) is 12.1 Å². The Morgan fingerprint density at radius 1 is 1.13 bits per heavy atom. The zero-order valence-corrected chi connectivity index (χ0v) is 18.9. The smallest absolute Gasteiger partial charge is 0.277 e. The van der Waals surface area contributed by atoms with E-state index in [0.29, 0.717) is 29.0 Å². The number of amides is 1. The molecular weight excluding hydrogens is 398 g/mol. The minimum Gasteiger partial charge on any atom is -0.484 e. The van der Waals surface area contributed by atoms with Gasteiger partial charge in [-0.2, -0.15) is 0 Å². The van der Waals surface area contributed by atoms with Gasteiger partial charge in [0.1, 0.15) is 5.75 Å². The van der Waals surface area contributed by atoms with Gasteiger partial charge >= 0.3 is 0 Å². The third kappa shape index (κ3) is 5.36. The second-order valence-corrected chi connectivity index (χ2v) is 9.68. The molecule has 0 radical (unpaired) electrons. The van der Waals surface area contributed by atoms with Crippen LogP contribution in [0.4, 0.5) is 0 Å². The van der Waals surface area contributed by atoms with E-state index in [4.69, 9.17) is 9.15 Å². The van der Waals surface area contributed by atoms with Crippen molar-refractivity contribution in [1.82, 2.24) is 15.1 Å². The van der Waals surface area contributed by atoms with E-state index >= 15 is 0 Å². The Morgan fingerprint density at radius 2 is 1.83 bits per heavy atom. The Morgan fingerprint density at radius 3 is 2.53 bits per heavy atom. The third-order valence-electron chi connectivity index (χ3n) is 6.07. The number of carbonyl (C=O) groups is 1. The van der Waals surface area contributed by atoms with E-state index in [0.717, 1.165) is 48.5 Å². The van der Waals surface area contributed by atoms with Crippen LogP contribution in [0, 0.1) is 19.8 Å². The molecule has 1 aromatic heterocycles. The van der Waals surface area contributed by atoms with E-state index in [1.54, 1.807) is 0 Å². The van der Waals surface area contributed by atoms with Gasteiger partial charge in [-0.25, -0.2) is 0 Å². The summed E-state index contributed by atoms with van der Waals surface area (Å²) >= 11 is 1.33. The molecule has 0 atom stereocenters. The highest BCUT2D eigenvalue weighted by Crippen LogP contribution is 2.36. The molecule has 2 saturated carbocycles. The van der Waals surface area contributed by atoms with Gasteiger partial charge in [-0.3, -0.25) is 4.79 Å². The highest BCUT2D eigenvalue weighted by Gasteiger charge is 2.38. The number of carbonyl (C=O) groups excluding carboxylic acids is 1. The van der Waals surface area contributed by atoms with Crippen molar-refractivity contribution < 1.29 is 13.9 Å². The lowest BCUT2D eigenvalue weighted by molar-refractivity contribution is -0.132. The van der Waals surface area contributed by atoms with Crippen molar-refractivity contribution in [3.63, 3.8) is 0 Å². The number of aromatic nitrogens is 2. The summed E-state index contributed by atoms with van der Waals surface area (Å²) in [5.74, 6) is 2.58. The molecule has 1 aromatic carbocycles. The molecule has 0 unspecified atom stereocenters. The molecule has 0 saturated heterocycles. The Bertz CT molecular complexity index is 872. The fourth-order valence-electron chi connectivity index (χ4n) is 4.13. The predicted octanol–water partition coefficient (Wildman–Crippen LogP) is 4.93. The molecule has 0 bridgehead atoms. The van der Waals surface area contributed by atoms with Gasteiger partial charge in [-0.1, -0.05) is 30.8 Å². The molecular formula is C23H31N3O3S. The Balaban J connectivity index is 1.29. The van der Waals surface area contributed by atoms with Crippen molar-refractivity contribution in [2.24, 2.45) is 5.92 Å². The standard InChI is InChI=1S/C23H31N3O3S/c1-15-5-8-18(9-6-15)26(19-10-11-19)22(27)14-30-23-25-24-21(29-23)13-28-20-12-16(2)4-7-17(20)3/h4,7,12,15,18-19H,5-6,8-11,13-14H2,1-3H3. The first-order chi connectivity index (χ1) is 14.5. The zero-order chi connectivity index (χ0) is 21.1. The molecule has 6 nitrogen and oxygen atoms in total. The monoisotopic (exact) mass is 429 g/mol. The van der Waals surface area contributed by atoms with Gasteiger partial charge in [0.2, 0.25) is 5.91 Å². The molecule has 0 spiro atoms. The number of hydrogen-bond donors (Lipinski definition) is 0. The van der Waals surface area contributed by atoms with Crippen LogP contribution in [0.1, 0.15) is 62.5 Å². The Labute approximate surface area is 182 Å². The number of hydrogen-bond acceptors (Lipinski definition) is 6. The molecule has 162 valence electrons. The van der Waals surface area contributed by atoms with Crippen LogP contribution in [0.5, 0.6) is 5.75 Å². The summed E-state index contributed by atoms with van der Waals surface area (Å²) < 4.78 is 11.5. The average Bonchev–Trinajstić information content (AvgIpc) is 3.46. The number of thioether (sulfide) groups is 1. The lowest BCUT2D eigenvalue weighted by Crippen LogP contribution is -2.44. The van der Waals surface area contributed by atoms with Crippen molar-refractivity contribution in [3.8, 4) is 5.75 Å². The summed E-state index contributed by atoms with van der Waals surface area (Å²) in [6.45, 7) is 6.57. The van der Waals surface area contributed by atoms with Crippen LogP contribution >= 0.6 is 11.8 Å². The van der Waals surface area contributed by atoms with Crippen LogP contribution in [0.25, 0.3) is 0 Å². The van der Waals surface area contributed by atoms with Gasteiger partial charge in [0.25, 0.3) is 11.1 Å². The maximum Gasteiger partial charge on any atom is 0.277 e. The van der Waals surface area contributed by atoms with Gasteiger partial charge in [0.15, 0.2) is 6.61 Å². The summed E-state index contributed by atoms with van der Waals surface area (Å²) in [6, 6.07) is 6.94. The average molecular weight is 430 g/mol. The van der Waals surface area contributed by atoms with Crippen molar-refractivity contribution in [3.05, 3.63) is 35.2 Å². The molecule has 2 aromatic rings. The summed E-state index contributed by atoms with van der Waals surface area (Å²) in [7, 11) is 0. The predicted molar refractivity (Wildman–Crippen MR) is 117 cm³/mol. The first-order valence-electron chi connectivity index (χ1n) is 11.0. The van der Waals surface area contributed by atoms with Crippen LogP contribution in [0.15, 0.2) is 27.8 Å². The minimum atomic E-state index is 0.202. The Kier molecular flexibility index (Phi) is 6.66. The number of rotatable bonds is 8. The number of benzene rings is 1. The minimum absolute atomic E-state index is 0.202. The second-order valence-electron chi connectivity index (χ2n) is 8.75. The van der Waals surface area contributed by atoms with Crippen LogP contribution in [0.3, 0.4) is 0 Å². The Hall–Kier alpha value is -2.02. The normalized spacial score (nSPS) is 21.4.